The smallest absolute Gasteiger partial charge is 0.422 e. The maximum absolute atomic E-state index is 12.7. The summed E-state index contributed by atoms with van der Waals surface area (Å²) in [7, 11) is 0. The van der Waals surface area contributed by atoms with E-state index in [-0.39, 0.29) is 0 Å². The minimum atomic E-state index is -7.04. The van der Waals surface area contributed by atoms with Crippen molar-refractivity contribution in [3.8, 4) is 0 Å². The molecule has 1 nitrogen and oxygen atoms in total. The van der Waals surface area contributed by atoms with E-state index >= 15 is 0 Å². The topological polar surface area (TPSA) is 20.2 Å². The zero-order valence-corrected chi connectivity index (χ0v) is 8.10. The molecule has 0 saturated carbocycles. The second-order valence-electron chi connectivity index (χ2n) is 3.52. The molecule has 0 heterocycles. The molecule has 0 amide bonds. The Morgan fingerprint density at radius 3 is 1.32 bits per heavy atom. The molecule has 0 spiro atoms. The molecule has 0 aromatic rings. The van der Waals surface area contributed by atoms with E-state index in [1.807, 2.05) is 0 Å². The van der Waals surface area contributed by atoms with Gasteiger partial charge in [0.05, 0.1) is 0 Å². The zero-order valence-electron chi connectivity index (χ0n) is 8.10. The molecule has 1 rings (SSSR count). The molecule has 0 aliphatic heterocycles. The monoisotopic (exact) mass is 310 g/mol. The van der Waals surface area contributed by atoms with Gasteiger partial charge in [-0.15, -0.1) is 0 Å². The van der Waals surface area contributed by atoms with Gasteiger partial charge in [0, 0.05) is 0 Å². The second-order valence-corrected chi connectivity index (χ2v) is 3.52. The van der Waals surface area contributed by atoms with Crippen LogP contribution in [0.3, 0.4) is 0 Å². The summed E-state index contributed by atoms with van der Waals surface area (Å²) in [4.78, 5) is 0. The van der Waals surface area contributed by atoms with E-state index in [4.69, 9.17) is 5.11 Å². The van der Waals surface area contributed by atoms with Gasteiger partial charge in [-0.1, -0.05) is 0 Å². The van der Waals surface area contributed by atoms with Crippen molar-refractivity contribution in [3.05, 3.63) is 11.3 Å². The first kappa shape index (κ1) is 15.8. The van der Waals surface area contributed by atoms with Crippen LogP contribution in [0.15, 0.2) is 11.3 Å². The Labute approximate surface area is 95.8 Å². The van der Waals surface area contributed by atoms with Crippen molar-refractivity contribution in [2.75, 3.05) is 0 Å². The summed E-state index contributed by atoms with van der Waals surface area (Å²) >= 11 is 0. The maximum Gasteiger partial charge on any atom is 0.422 e. The van der Waals surface area contributed by atoms with Crippen molar-refractivity contribution in [2.24, 2.45) is 0 Å². The maximum atomic E-state index is 12.7. The number of alkyl halides is 11. The van der Waals surface area contributed by atoms with Gasteiger partial charge in [0.25, 0.3) is 0 Å². The average molecular weight is 310 g/mol. The third kappa shape index (κ3) is 1.60. The first-order valence-electron chi connectivity index (χ1n) is 4.05. The Morgan fingerprint density at radius 1 is 0.684 bits per heavy atom. The van der Waals surface area contributed by atoms with Gasteiger partial charge in [0.2, 0.25) is 0 Å². The lowest BCUT2D eigenvalue weighted by Crippen LogP contribution is -2.68. The Bertz CT molecular complexity index is 429. The fourth-order valence-corrected chi connectivity index (χ4v) is 1.32. The summed E-state index contributed by atoms with van der Waals surface area (Å²) in [5.41, 5.74) is -4.10. The SMILES string of the molecule is OC1=C(C(F)(F)F)C(F)(F)C(F)(F)C(F)(F)C1(F)F. The van der Waals surface area contributed by atoms with Crippen LogP contribution in [0, 0.1) is 0 Å². The number of rotatable bonds is 0. The zero-order chi connectivity index (χ0) is 15.7. The molecule has 0 saturated heterocycles. The fraction of sp³-hybridized carbons (Fsp3) is 0.714. The van der Waals surface area contributed by atoms with Gasteiger partial charge in [0.15, 0.2) is 11.3 Å². The van der Waals surface area contributed by atoms with Crippen LogP contribution in [-0.4, -0.2) is 35.0 Å². The minimum Gasteiger partial charge on any atom is -0.506 e. The number of allylic oxidation sites excluding steroid dienone is 2. The van der Waals surface area contributed by atoms with Crippen LogP contribution in [0.25, 0.3) is 0 Å². The van der Waals surface area contributed by atoms with Gasteiger partial charge in [-0.3, -0.25) is 0 Å². The lowest BCUT2D eigenvalue weighted by Gasteiger charge is -2.42. The third-order valence-electron chi connectivity index (χ3n) is 2.31. The van der Waals surface area contributed by atoms with Crippen molar-refractivity contribution in [2.45, 2.75) is 29.9 Å². The highest BCUT2D eigenvalue weighted by molar-refractivity contribution is 5.37. The predicted octanol–water partition coefficient (Wildman–Crippen LogP) is 3.92. The number of hydrogen-bond donors (Lipinski definition) is 1. The first-order valence-corrected chi connectivity index (χ1v) is 4.05. The molecule has 1 aliphatic carbocycles. The van der Waals surface area contributed by atoms with Gasteiger partial charge in [0.1, 0.15) is 0 Å². The Kier molecular flexibility index (Phi) is 2.87. The summed E-state index contributed by atoms with van der Waals surface area (Å²) < 4.78 is 137. The molecule has 1 N–H and O–H groups in total. The van der Waals surface area contributed by atoms with Gasteiger partial charge in [-0.05, 0) is 0 Å². The summed E-state index contributed by atoms with van der Waals surface area (Å²) in [5.74, 6) is -31.0. The summed E-state index contributed by atoms with van der Waals surface area (Å²) in [6.45, 7) is 0. The van der Waals surface area contributed by atoms with E-state index in [1.54, 1.807) is 0 Å². The lowest BCUT2D eigenvalue weighted by molar-refractivity contribution is -0.373. The number of halogens is 11. The predicted molar refractivity (Wildman–Crippen MR) is 35.5 cm³/mol. The Morgan fingerprint density at radius 2 is 1.00 bits per heavy atom. The molecule has 0 aromatic heterocycles. The normalized spacial score (nSPS) is 28.4. The highest BCUT2D eigenvalue weighted by Crippen LogP contribution is 2.63. The molecule has 0 unspecified atom stereocenters. The van der Waals surface area contributed by atoms with Crippen LogP contribution in [-0.2, 0) is 0 Å². The van der Waals surface area contributed by atoms with Crippen molar-refractivity contribution in [1.82, 2.24) is 0 Å². The minimum absolute atomic E-state index is 3.83. The molecule has 0 atom stereocenters. The number of aliphatic hydroxyl groups is 1. The van der Waals surface area contributed by atoms with E-state index < -0.39 is 41.2 Å². The summed E-state index contributed by atoms with van der Waals surface area (Å²) in [6.07, 6.45) is -6.56. The van der Waals surface area contributed by atoms with Gasteiger partial charge < -0.3 is 5.11 Å². The number of aliphatic hydroxyl groups excluding tert-OH is 1. The molecule has 12 heteroatoms. The number of hydrogen-bond acceptors (Lipinski definition) is 1. The van der Waals surface area contributed by atoms with Crippen molar-refractivity contribution >= 4 is 0 Å². The Hall–Kier alpha value is -1.23. The van der Waals surface area contributed by atoms with Crippen LogP contribution in [0.2, 0.25) is 0 Å². The highest BCUT2D eigenvalue weighted by atomic mass is 19.4. The van der Waals surface area contributed by atoms with Crippen LogP contribution in [0.4, 0.5) is 48.3 Å². The van der Waals surface area contributed by atoms with Crippen LogP contribution in [0.5, 0.6) is 0 Å². The largest absolute Gasteiger partial charge is 0.506 e. The van der Waals surface area contributed by atoms with Crippen molar-refractivity contribution in [3.63, 3.8) is 0 Å². The van der Waals surface area contributed by atoms with Crippen LogP contribution >= 0.6 is 0 Å². The van der Waals surface area contributed by atoms with Gasteiger partial charge in [-0.25, -0.2) is 0 Å². The fourth-order valence-electron chi connectivity index (χ4n) is 1.32. The second kappa shape index (κ2) is 3.45. The molecule has 0 bridgehead atoms. The average Bonchev–Trinajstić information content (AvgIpc) is 2.12. The van der Waals surface area contributed by atoms with E-state index in [0.717, 1.165) is 0 Å². The molecule has 0 radical (unpaired) electrons. The molecule has 0 fully saturated rings. The quantitative estimate of drug-likeness (QED) is 0.673. The van der Waals surface area contributed by atoms with E-state index in [9.17, 15) is 48.3 Å². The standard InChI is InChI=1S/C7HF11O/c8-3(9)1(5(12,13)14)2(19)4(10,11)7(17,18)6(3,15)16/h19H. The first-order chi connectivity index (χ1) is 8.03. The molecule has 112 valence electrons. The summed E-state index contributed by atoms with van der Waals surface area (Å²) in [5, 5.41) is 8.25. The van der Waals surface area contributed by atoms with Crippen LogP contribution < -0.4 is 0 Å². The molecule has 1 aliphatic rings. The van der Waals surface area contributed by atoms with Crippen LogP contribution in [0.1, 0.15) is 0 Å². The van der Waals surface area contributed by atoms with Gasteiger partial charge in [-0.2, -0.15) is 48.3 Å². The lowest BCUT2D eigenvalue weighted by atomic mass is 9.84. The van der Waals surface area contributed by atoms with Crippen molar-refractivity contribution in [1.29, 1.82) is 0 Å². The highest BCUT2D eigenvalue weighted by Gasteiger charge is 2.88. The Balaban J connectivity index is 3.82. The van der Waals surface area contributed by atoms with E-state index in [0.29, 0.717) is 0 Å². The van der Waals surface area contributed by atoms with E-state index in [2.05, 4.69) is 0 Å². The summed E-state index contributed by atoms with van der Waals surface area (Å²) in [6, 6.07) is 0. The third-order valence-corrected chi connectivity index (χ3v) is 2.31. The van der Waals surface area contributed by atoms with Gasteiger partial charge >= 0.3 is 29.9 Å². The van der Waals surface area contributed by atoms with E-state index in [1.165, 1.54) is 0 Å². The molecule has 0 aromatic carbocycles. The van der Waals surface area contributed by atoms with Crippen molar-refractivity contribution < 1.29 is 53.4 Å². The molecular weight excluding hydrogens is 309 g/mol. The molecule has 19 heavy (non-hydrogen) atoms. The molecular formula is C7HF11O.